The van der Waals surface area contributed by atoms with Crippen molar-refractivity contribution in [3.63, 3.8) is 0 Å². The molecule has 2 aromatic carbocycles. The number of hydrogen-bond donors (Lipinski definition) is 0. The second-order valence-electron chi connectivity index (χ2n) is 14.5. The molecule has 0 saturated carbocycles. The van der Waals surface area contributed by atoms with E-state index in [9.17, 15) is 0 Å². The molecule has 2 rings (SSSR count). The molecule has 44 heavy (non-hydrogen) atoms. The van der Waals surface area contributed by atoms with Gasteiger partial charge in [-0.05, 0) is 58.5 Å². The SMILES string of the molecule is CC(C)(C)[Si](C)(C)OCc1ccc(COCCOCC=CCOCCOCc2ccc(CO[Si](C)(C)C(C)(C)C)cc2)cc1. The first-order valence-electron chi connectivity index (χ1n) is 16.0. The Kier molecular flexibility index (Phi) is 16.2. The fourth-order valence-electron chi connectivity index (χ4n) is 3.48. The first-order valence-corrected chi connectivity index (χ1v) is 21.8. The van der Waals surface area contributed by atoms with Gasteiger partial charge >= 0.3 is 0 Å². The van der Waals surface area contributed by atoms with Crippen molar-refractivity contribution >= 4 is 16.6 Å². The number of ether oxygens (including phenoxy) is 4. The van der Waals surface area contributed by atoms with E-state index in [0.717, 1.165) is 11.1 Å². The smallest absolute Gasteiger partial charge is 0.192 e. The van der Waals surface area contributed by atoms with Crippen molar-refractivity contribution in [1.82, 2.24) is 0 Å². The monoisotopic (exact) mass is 644 g/mol. The van der Waals surface area contributed by atoms with E-state index in [-0.39, 0.29) is 10.1 Å². The molecule has 0 unspecified atom stereocenters. The normalized spacial score (nSPS) is 13.2. The number of hydrogen-bond acceptors (Lipinski definition) is 6. The molecule has 0 aromatic heterocycles. The van der Waals surface area contributed by atoms with Crippen LogP contribution in [0.2, 0.25) is 36.3 Å². The van der Waals surface area contributed by atoms with E-state index in [1.807, 2.05) is 12.2 Å². The van der Waals surface area contributed by atoms with Crippen molar-refractivity contribution in [1.29, 1.82) is 0 Å². The Balaban J connectivity index is 1.45. The predicted molar refractivity (Wildman–Crippen MR) is 187 cm³/mol. The third kappa shape index (κ3) is 14.6. The van der Waals surface area contributed by atoms with Gasteiger partial charge in [0, 0.05) is 0 Å². The molecular weight excluding hydrogens is 585 g/mol. The summed E-state index contributed by atoms with van der Waals surface area (Å²) in [5.74, 6) is 0. The highest BCUT2D eigenvalue weighted by atomic mass is 28.4. The Morgan fingerprint density at radius 1 is 0.455 bits per heavy atom. The zero-order chi connectivity index (χ0) is 32.7. The molecule has 0 fully saturated rings. The zero-order valence-corrected chi connectivity index (χ0v) is 31.3. The molecule has 0 aliphatic carbocycles. The van der Waals surface area contributed by atoms with Crippen LogP contribution in [-0.4, -0.2) is 56.3 Å². The minimum absolute atomic E-state index is 0.221. The lowest BCUT2D eigenvalue weighted by atomic mass is 10.1. The highest BCUT2D eigenvalue weighted by Crippen LogP contribution is 2.38. The average Bonchev–Trinajstić information content (AvgIpc) is 2.95. The number of benzene rings is 2. The van der Waals surface area contributed by atoms with Crippen LogP contribution in [0.3, 0.4) is 0 Å². The molecule has 0 aliphatic rings. The molecular formula is C36H60O6Si2. The molecule has 0 heterocycles. The molecule has 8 heteroatoms. The molecule has 0 aliphatic heterocycles. The van der Waals surface area contributed by atoms with Crippen molar-refractivity contribution < 1.29 is 27.8 Å². The third-order valence-corrected chi connectivity index (χ3v) is 17.7. The fraction of sp³-hybridized carbons (Fsp3) is 0.611. The summed E-state index contributed by atoms with van der Waals surface area (Å²) in [5.41, 5.74) is 4.72. The van der Waals surface area contributed by atoms with Crippen molar-refractivity contribution in [3.8, 4) is 0 Å². The summed E-state index contributed by atoms with van der Waals surface area (Å²) < 4.78 is 35.4. The van der Waals surface area contributed by atoms with Crippen molar-refractivity contribution in [2.24, 2.45) is 0 Å². The predicted octanol–water partition coefficient (Wildman–Crippen LogP) is 9.05. The Morgan fingerprint density at radius 3 is 1.02 bits per heavy atom. The van der Waals surface area contributed by atoms with Crippen LogP contribution >= 0.6 is 0 Å². The molecule has 0 amide bonds. The minimum Gasteiger partial charge on any atom is -0.413 e. The summed E-state index contributed by atoms with van der Waals surface area (Å²) in [6, 6.07) is 17.0. The summed E-state index contributed by atoms with van der Waals surface area (Å²) in [6.07, 6.45) is 3.95. The van der Waals surface area contributed by atoms with Gasteiger partial charge in [-0.2, -0.15) is 0 Å². The van der Waals surface area contributed by atoms with Crippen LogP contribution in [-0.2, 0) is 54.2 Å². The van der Waals surface area contributed by atoms with Gasteiger partial charge in [-0.25, -0.2) is 0 Å². The summed E-state index contributed by atoms with van der Waals surface area (Å²) in [6.45, 7) is 28.6. The molecule has 6 nitrogen and oxygen atoms in total. The maximum absolute atomic E-state index is 6.31. The quantitative estimate of drug-likeness (QED) is 0.0814. The number of rotatable bonds is 20. The van der Waals surface area contributed by atoms with Gasteiger partial charge in [0.1, 0.15) is 0 Å². The fourth-order valence-corrected chi connectivity index (χ4v) is 5.40. The summed E-state index contributed by atoms with van der Waals surface area (Å²) >= 11 is 0. The highest BCUT2D eigenvalue weighted by molar-refractivity contribution is 6.74. The van der Waals surface area contributed by atoms with Crippen LogP contribution in [0.5, 0.6) is 0 Å². The molecule has 0 atom stereocenters. The molecule has 0 radical (unpaired) electrons. The minimum atomic E-state index is -1.73. The lowest BCUT2D eigenvalue weighted by Crippen LogP contribution is -2.40. The second-order valence-corrected chi connectivity index (χ2v) is 24.1. The van der Waals surface area contributed by atoms with Crippen LogP contribution in [0.1, 0.15) is 63.8 Å². The maximum Gasteiger partial charge on any atom is 0.192 e. The van der Waals surface area contributed by atoms with Gasteiger partial charge in [-0.3, -0.25) is 0 Å². The van der Waals surface area contributed by atoms with Gasteiger partial charge in [0.25, 0.3) is 0 Å². The maximum atomic E-state index is 6.31. The van der Waals surface area contributed by atoms with E-state index in [2.05, 4.69) is 116 Å². The molecule has 0 N–H and O–H groups in total. The average molecular weight is 645 g/mol. The Labute approximate surface area is 270 Å². The van der Waals surface area contributed by atoms with E-state index < -0.39 is 16.6 Å². The molecule has 2 aromatic rings. The third-order valence-electron chi connectivity index (χ3n) is 8.73. The van der Waals surface area contributed by atoms with Crippen LogP contribution in [0.25, 0.3) is 0 Å². The lowest BCUT2D eigenvalue weighted by Gasteiger charge is -2.36. The highest BCUT2D eigenvalue weighted by Gasteiger charge is 2.37. The second kappa shape index (κ2) is 18.5. The van der Waals surface area contributed by atoms with Crippen LogP contribution in [0, 0.1) is 0 Å². The van der Waals surface area contributed by atoms with E-state index in [0.29, 0.717) is 66.1 Å². The Hall–Kier alpha value is -1.63. The first kappa shape index (κ1) is 38.6. The summed E-state index contributed by atoms with van der Waals surface area (Å²) in [7, 11) is -3.46. The molecule has 248 valence electrons. The standard InChI is InChI=1S/C36H60O6Si2/c1-35(2,3)43(7,8)41-29-33-17-13-31(14-18-33)27-39-25-23-37-21-11-12-22-38-24-26-40-28-32-15-19-34(20-16-32)30-42-44(9,10)36(4,5)6/h11-20H,21-30H2,1-10H3. The van der Waals surface area contributed by atoms with Crippen molar-refractivity contribution in [2.75, 3.05) is 39.6 Å². The van der Waals surface area contributed by atoms with Crippen LogP contribution in [0.15, 0.2) is 60.7 Å². The van der Waals surface area contributed by atoms with Crippen LogP contribution in [0.4, 0.5) is 0 Å². The molecule has 0 bridgehead atoms. The van der Waals surface area contributed by atoms with E-state index >= 15 is 0 Å². The van der Waals surface area contributed by atoms with Gasteiger partial charge in [0.05, 0.1) is 66.1 Å². The van der Waals surface area contributed by atoms with E-state index in [1.54, 1.807) is 0 Å². The van der Waals surface area contributed by atoms with Crippen molar-refractivity contribution in [3.05, 3.63) is 82.9 Å². The van der Waals surface area contributed by atoms with Gasteiger partial charge in [0.15, 0.2) is 16.6 Å². The van der Waals surface area contributed by atoms with Crippen LogP contribution < -0.4 is 0 Å². The van der Waals surface area contributed by atoms with Gasteiger partial charge < -0.3 is 27.8 Å². The summed E-state index contributed by atoms with van der Waals surface area (Å²) in [4.78, 5) is 0. The van der Waals surface area contributed by atoms with Gasteiger partial charge in [-0.1, -0.05) is 102 Å². The first-order chi connectivity index (χ1) is 20.6. The van der Waals surface area contributed by atoms with Crippen molar-refractivity contribution in [2.45, 2.75) is 104 Å². The molecule has 0 saturated heterocycles. The van der Waals surface area contributed by atoms with Gasteiger partial charge in [0.2, 0.25) is 0 Å². The largest absolute Gasteiger partial charge is 0.413 e. The van der Waals surface area contributed by atoms with E-state index in [1.165, 1.54) is 11.1 Å². The topological polar surface area (TPSA) is 55.4 Å². The molecule has 0 spiro atoms. The summed E-state index contributed by atoms with van der Waals surface area (Å²) in [5, 5.41) is 0.441. The Bertz CT molecular complexity index is 996. The van der Waals surface area contributed by atoms with E-state index in [4.69, 9.17) is 27.8 Å². The van der Waals surface area contributed by atoms with Gasteiger partial charge in [-0.15, -0.1) is 0 Å². The Morgan fingerprint density at radius 2 is 0.727 bits per heavy atom. The lowest BCUT2D eigenvalue weighted by molar-refractivity contribution is 0.0475. The zero-order valence-electron chi connectivity index (χ0n) is 29.3.